The summed E-state index contributed by atoms with van der Waals surface area (Å²) in [6, 6.07) is 10.6. The SMILES string of the molecule is O=C1Cc2cc(C(=O)N3CCCN(C(=O)c4ccccn4)CC3)ccc2N1. The van der Waals surface area contributed by atoms with E-state index >= 15 is 0 Å². The molecule has 7 nitrogen and oxygen atoms in total. The zero-order chi connectivity index (χ0) is 18.8. The number of hydrogen-bond acceptors (Lipinski definition) is 4. The molecule has 0 atom stereocenters. The second-order valence-corrected chi connectivity index (χ2v) is 6.75. The highest BCUT2D eigenvalue weighted by molar-refractivity contribution is 6.01. The highest BCUT2D eigenvalue weighted by atomic mass is 16.2. The van der Waals surface area contributed by atoms with Crippen molar-refractivity contribution < 1.29 is 14.4 Å². The minimum Gasteiger partial charge on any atom is -0.337 e. The van der Waals surface area contributed by atoms with Crippen LogP contribution in [0.4, 0.5) is 5.69 Å². The zero-order valence-corrected chi connectivity index (χ0v) is 14.9. The van der Waals surface area contributed by atoms with E-state index in [2.05, 4.69) is 10.3 Å². The summed E-state index contributed by atoms with van der Waals surface area (Å²) in [4.78, 5) is 44.6. The molecule has 2 aliphatic rings. The minimum absolute atomic E-state index is 0.0481. The Morgan fingerprint density at radius 1 is 0.963 bits per heavy atom. The summed E-state index contributed by atoms with van der Waals surface area (Å²) in [5.74, 6) is -0.218. The summed E-state index contributed by atoms with van der Waals surface area (Å²) in [6.07, 6.45) is 2.63. The van der Waals surface area contributed by atoms with Crippen LogP contribution in [0.3, 0.4) is 0 Å². The Kier molecular flexibility index (Phi) is 4.58. The van der Waals surface area contributed by atoms with Crippen LogP contribution in [-0.4, -0.2) is 58.7 Å². The lowest BCUT2D eigenvalue weighted by Crippen LogP contribution is -2.37. The van der Waals surface area contributed by atoms with Crippen LogP contribution in [0.2, 0.25) is 0 Å². The number of pyridine rings is 1. The average molecular weight is 364 g/mol. The van der Waals surface area contributed by atoms with Crippen molar-refractivity contribution >= 4 is 23.4 Å². The number of hydrogen-bond donors (Lipinski definition) is 1. The van der Waals surface area contributed by atoms with Crippen LogP contribution in [0, 0.1) is 0 Å². The van der Waals surface area contributed by atoms with E-state index in [0.29, 0.717) is 43.9 Å². The zero-order valence-electron chi connectivity index (χ0n) is 14.9. The molecule has 0 unspecified atom stereocenters. The Bertz CT molecular complexity index is 897. The van der Waals surface area contributed by atoms with E-state index in [9.17, 15) is 14.4 Å². The molecule has 2 aromatic rings. The van der Waals surface area contributed by atoms with Crippen LogP contribution in [-0.2, 0) is 11.2 Å². The van der Waals surface area contributed by atoms with Crippen molar-refractivity contribution in [2.45, 2.75) is 12.8 Å². The van der Waals surface area contributed by atoms with E-state index in [1.165, 1.54) is 0 Å². The van der Waals surface area contributed by atoms with E-state index in [-0.39, 0.29) is 17.7 Å². The first-order chi connectivity index (χ1) is 13.1. The van der Waals surface area contributed by atoms with E-state index in [1.54, 1.807) is 52.4 Å². The Balaban J connectivity index is 1.44. The van der Waals surface area contributed by atoms with Crippen molar-refractivity contribution in [3.05, 3.63) is 59.4 Å². The van der Waals surface area contributed by atoms with Crippen molar-refractivity contribution in [3.8, 4) is 0 Å². The fourth-order valence-corrected chi connectivity index (χ4v) is 3.52. The highest BCUT2D eigenvalue weighted by Gasteiger charge is 2.25. The summed E-state index contributed by atoms with van der Waals surface area (Å²) in [5.41, 5.74) is 2.63. The number of rotatable bonds is 2. The third-order valence-electron chi connectivity index (χ3n) is 4.93. The lowest BCUT2D eigenvalue weighted by molar-refractivity contribution is -0.115. The maximum absolute atomic E-state index is 12.9. The molecule has 0 radical (unpaired) electrons. The molecule has 138 valence electrons. The van der Waals surface area contributed by atoms with Crippen LogP contribution in [0.5, 0.6) is 0 Å². The molecule has 1 saturated heterocycles. The molecule has 4 rings (SSSR count). The monoisotopic (exact) mass is 364 g/mol. The first-order valence-electron chi connectivity index (χ1n) is 9.04. The number of carbonyl (C=O) groups excluding carboxylic acids is 3. The lowest BCUT2D eigenvalue weighted by atomic mass is 10.1. The van der Waals surface area contributed by atoms with Crippen LogP contribution in [0.25, 0.3) is 0 Å². The standard InChI is InChI=1S/C20H20N4O3/c25-18-13-15-12-14(5-6-16(15)22-18)19(26)23-8-3-9-24(11-10-23)20(27)17-4-1-2-7-21-17/h1-2,4-7,12H,3,8-11,13H2,(H,22,25). The Morgan fingerprint density at radius 2 is 1.74 bits per heavy atom. The number of nitrogens with one attached hydrogen (secondary N) is 1. The van der Waals surface area contributed by atoms with Crippen LogP contribution >= 0.6 is 0 Å². The number of benzene rings is 1. The van der Waals surface area contributed by atoms with Crippen molar-refractivity contribution in [2.75, 3.05) is 31.5 Å². The predicted molar refractivity (Wildman–Crippen MR) is 99.4 cm³/mol. The van der Waals surface area contributed by atoms with Crippen molar-refractivity contribution in [1.29, 1.82) is 0 Å². The van der Waals surface area contributed by atoms with Gasteiger partial charge in [0.2, 0.25) is 5.91 Å². The predicted octanol–water partition coefficient (Wildman–Crippen LogP) is 1.56. The largest absolute Gasteiger partial charge is 0.337 e. The van der Waals surface area contributed by atoms with Gasteiger partial charge in [-0.3, -0.25) is 19.4 Å². The van der Waals surface area contributed by atoms with Crippen molar-refractivity contribution in [2.24, 2.45) is 0 Å². The third kappa shape index (κ3) is 3.53. The molecule has 2 aliphatic heterocycles. The van der Waals surface area contributed by atoms with Gasteiger partial charge in [0.05, 0.1) is 6.42 Å². The van der Waals surface area contributed by atoms with Gasteiger partial charge < -0.3 is 15.1 Å². The summed E-state index contributed by atoms with van der Waals surface area (Å²) in [5, 5.41) is 2.77. The second-order valence-electron chi connectivity index (χ2n) is 6.75. The first-order valence-corrected chi connectivity index (χ1v) is 9.04. The molecule has 1 fully saturated rings. The molecule has 27 heavy (non-hydrogen) atoms. The quantitative estimate of drug-likeness (QED) is 0.877. The third-order valence-corrected chi connectivity index (χ3v) is 4.93. The molecule has 0 saturated carbocycles. The highest BCUT2D eigenvalue weighted by Crippen LogP contribution is 2.24. The van der Waals surface area contributed by atoms with Gasteiger partial charge in [0, 0.05) is 43.6 Å². The topological polar surface area (TPSA) is 82.6 Å². The fourth-order valence-electron chi connectivity index (χ4n) is 3.52. The molecule has 0 aliphatic carbocycles. The number of carbonyl (C=O) groups is 3. The molecular formula is C20H20N4O3. The summed E-state index contributed by atoms with van der Waals surface area (Å²) < 4.78 is 0. The van der Waals surface area contributed by atoms with Gasteiger partial charge in [0.25, 0.3) is 11.8 Å². The maximum Gasteiger partial charge on any atom is 0.272 e. The van der Waals surface area contributed by atoms with Gasteiger partial charge in [0.1, 0.15) is 5.69 Å². The van der Waals surface area contributed by atoms with Crippen LogP contribution in [0.15, 0.2) is 42.6 Å². The Labute approximate surface area is 157 Å². The normalized spacial score (nSPS) is 16.5. The van der Waals surface area contributed by atoms with E-state index in [1.807, 2.05) is 0 Å². The molecule has 1 aromatic carbocycles. The molecule has 0 spiro atoms. The number of aromatic nitrogens is 1. The molecular weight excluding hydrogens is 344 g/mol. The summed E-state index contributed by atoms with van der Waals surface area (Å²) >= 11 is 0. The van der Waals surface area contributed by atoms with Crippen LogP contribution < -0.4 is 5.32 Å². The maximum atomic E-state index is 12.9. The lowest BCUT2D eigenvalue weighted by Gasteiger charge is -2.22. The van der Waals surface area contributed by atoms with Gasteiger partial charge in [-0.15, -0.1) is 0 Å². The number of amides is 3. The number of fused-ring (bicyclic) bond motifs is 1. The molecule has 3 heterocycles. The van der Waals surface area contributed by atoms with Gasteiger partial charge >= 0.3 is 0 Å². The Morgan fingerprint density at radius 3 is 2.48 bits per heavy atom. The minimum atomic E-state index is -0.105. The van der Waals surface area contributed by atoms with Crippen LogP contribution in [0.1, 0.15) is 32.8 Å². The number of nitrogens with zero attached hydrogens (tertiary/aromatic N) is 3. The van der Waals surface area contributed by atoms with E-state index in [0.717, 1.165) is 17.7 Å². The summed E-state index contributed by atoms with van der Waals surface area (Å²) in [7, 11) is 0. The van der Waals surface area contributed by atoms with E-state index < -0.39 is 0 Å². The van der Waals surface area contributed by atoms with E-state index in [4.69, 9.17) is 0 Å². The first kappa shape index (κ1) is 17.2. The molecule has 1 aromatic heterocycles. The summed E-state index contributed by atoms with van der Waals surface area (Å²) in [6.45, 7) is 2.15. The fraction of sp³-hybridized carbons (Fsp3) is 0.300. The van der Waals surface area contributed by atoms with Gasteiger partial charge in [0.15, 0.2) is 0 Å². The second kappa shape index (κ2) is 7.19. The molecule has 1 N–H and O–H groups in total. The Hall–Kier alpha value is -3.22. The van der Waals surface area contributed by atoms with Gasteiger partial charge in [-0.2, -0.15) is 0 Å². The molecule has 7 heteroatoms. The van der Waals surface area contributed by atoms with Crippen molar-refractivity contribution in [3.63, 3.8) is 0 Å². The van der Waals surface area contributed by atoms with Gasteiger partial charge in [-0.1, -0.05) is 6.07 Å². The number of anilines is 1. The molecule has 3 amide bonds. The van der Waals surface area contributed by atoms with Gasteiger partial charge in [-0.25, -0.2) is 0 Å². The van der Waals surface area contributed by atoms with Gasteiger partial charge in [-0.05, 0) is 42.3 Å². The van der Waals surface area contributed by atoms with Crippen molar-refractivity contribution in [1.82, 2.24) is 14.8 Å². The molecule has 0 bridgehead atoms. The smallest absolute Gasteiger partial charge is 0.272 e. The average Bonchev–Trinajstić information content (AvgIpc) is 2.90.